The van der Waals surface area contributed by atoms with Crippen molar-refractivity contribution in [3.63, 3.8) is 0 Å². The van der Waals surface area contributed by atoms with Crippen LogP contribution in [0.1, 0.15) is 161 Å². The van der Waals surface area contributed by atoms with Crippen LogP contribution in [0.15, 0.2) is 30.3 Å². The van der Waals surface area contributed by atoms with Gasteiger partial charge in [0, 0.05) is 6.54 Å². The molecule has 2 amide bonds. The van der Waals surface area contributed by atoms with Crippen LogP contribution in [0.25, 0.3) is 0 Å². The number of unbranched alkanes of at least 4 members (excludes halogenated alkanes) is 20. The molecule has 0 saturated carbocycles. The minimum absolute atomic E-state index is 0.00625. The summed E-state index contributed by atoms with van der Waals surface area (Å²) in [6.07, 6.45) is 18.9. The van der Waals surface area contributed by atoms with Gasteiger partial charge < -0.3 is 34.8 Å². The van der Waals surface area contributed by atoms with E-state index >= 15 is 0 Å². The molecule has 0 bridgehead atoms. The van der Waals surface area contributed by atoms with E-state index in [0.717, 1.165) is 44.1 Å². The largest absolute Gasteiger partial charge is 0.449 e. The lowest BCUT2D eigenvalue weighted by molar-refractivity contribution is -0.225. The monoisotopic (exact) mass is 721 g/mol. The summed E-state index contributed by atoms with van der Waals surface area (Å²) < 4.78 is 17.2. The van der Waals surface area contributed by atoms with E-state index in [4.69, 9.17) is 14.2 Å². The molecule has 0 unspecified atom stereocenters. The molecule has 4 N–H and O–H groups in total. The Labute approximate surface area is 309 Å². The zero-order valence-electron chi connectivity index (χ0n) is 32.0. The normalized spacial score (nSPS) is 20.2. The predicted molar refractivity (Wildman–Crippen MR) is 202 cm³/mol. The Hall–Kier alpha value is -2.40. The molecule has 10 nitrogen and oxygen atoms in total. The van der Waals surface area contributed by atoms with E-state index in [1.165, 1.54) is 101 Å². The van der Waals surface area contributed by atoms with E-state index in [-0.39, 0.29) is 19.8 Å². The zero-order valence-corrected chi connectivity index (χ0v) is 32.0. The van der Waals surface area contributed by atoms with Crippen molar-refractivity contribution >= 4 is 12.2 Å². The van der Waals surface area contributed by atoms with Crippen LogP contribution in [-0.4, -0.2) is 82.7 Å². The van der Waals surface area contributed by atoms with Crippen LogP contribution in [-0.2, 0) is 20.8 Å². The van der Waals surface area contributed by atoms with Crippen LogP contribution in [0.2, 0.25) is 0 Å². The van der Waals surface area contributed by atoms with Gasteiger partial charge in [-0.25, -0.2) is 9.59 Å². The Morgan fingerprint density at radius 2 is 1.18 bits per heavy atom. The quantitative estimate of drug-likeness (QED) is 0.0603. The van der Waals surface area contributed by atoms with Crippen molar-refractivity contribution in [3.05, 3.63) is 35.9 Å². The highest BCUT2D eigenvalue weighted by atomic mass is 16.6. The van der Waals surface area contributed by atoms with Gasteiger partial charge in [-0.3, -0.25) is 4.90 Å². The van der Waals surface area contributed by atoms with Gasteiger partial charge in [0.15, 0.2) is 6.23 Å². The molecule has 294 valence electrons. The average molecular weight is 721 g/mol. The molecule has 1 aromatic carbocycles. The molecule has 1 heterocycles. The van der Waals surface area contributed by atoms with E-state index in [1.807, 2.05) is 30.3 Å². The van der Waals surface area contributed by atoms with Gasteiger partial charge >= 0.3 is 12.2 Å². The minimum atomic E-state index is -1.52. The summed E-state index contributed by atoms with van der Waals surface area (Å²) in [5.74, 6) is 0. The van der Waals surface area contributed by atoms with Gasteiger partial charge in [0.05, 0.1) is 13.2 Å². The summed E-state index contributed by atoms with van der Waals surface area (Å²) in [6, 6.07) is 7.98. The van der Waals surface area contributed by atoms with Crippen molar-refractivity contribution in [1.29, 1.82) is 0 Å². The second kappa shape index (κ2) is 29.1. The second-order valence-corrected chi connectivity index (χ2v) is 14.3. The fourth-order valence-corrected chi connectivity index (χ4v) is 6.70. The molecule has 5 atom stereocenters. The van der Waals surface area contributed by atoms with E-state index in [1.54, 1.807) is 0 Å². The summed E-state index contributed by atoms with van der Waals surface area (Å²) in [6.45, 7) is 4.43. The molecule has 0 spiro atoms. The van der Waals surface area contributed by atoms with E-state index < -0.39 is 49.4 Å². The SMILES string of the molecule is CCCCCCCCCCCCCCN(C(=O)OCCCCCCCCCCCC)[C@@H]1O[C@H](CO)[C@@H](O)[C@H](O)[C@H]1NC(=O)OCc1ccccc1. The highest BCUT2D eigenvalue weighted by molar-refractivity contribution is 5.69. The lowest BCUT2D eigenvalue weighted by Crippen LogP contribution is -2.69. The number of nitrogens with one attached hydrogen (secondary N) is 1. The highest BCUT2D eigenvalue weighted by Crippen LogP contribution is 2.26. The van der Waals surface area contributed by atoms with Crippen LogP contribution in [0.5, 0.6) is 0 Å². The Morgan fingerprint density at radius 1 is 0.686 bits per heavy atom. The summed E-state index contributed by atoms with van der Waals surface area (Å²) in [5, 5.41) is 34.4. The first kappa shape index (κ1) is 44.8. The van der Waals surface area contributed by atoms with Gasteiger partial charge in [-0.1, -0.05) is 173 Å². The van der Waals surface area contributed by atoms with E-state index in [9.17, 15) is 24.9 Å². The Bertz CT molecular complexity index is 999. The van der Waals surface area contributed by atoms with E-state index in [2.05, 4.69) is 19.2 Å². The number of ether oxygens (including phenoxy) is 3. The van der Waals surface area contributed by atoms with Gasteiger partial charge in [0.25, 0.3) is 0 Å². The number of rotatable bonds is 29. The molecule has 0 radical (unpaired) electrons. The summed E-state index contributed by atoms with van der Waals surface area (Å²) in [5.41, 5.74) is 0.786. The maximum atomic E-state index is 13.6. The number of aliphatic hydroxyl groups is 3. The molecule has 0 aromatic heterocycles. The lowest BCUT2D eigenvalue weighted by atomic mass is 9.95. The summed E-state index contributed by atoms with van der Waals surface area (Å²) >= 11 is 0. The molecule has 1 aliphatic rings. The van der Waals surface area contributed by atoms with Crippen molar-refractivity contribution in [2.45, 2.75) is 192 Å². The molecule has 1 fully saturated rings. The highest BCUT2D eigenvalue weighted by Gasteiger charge is 2.48. The first-order valence-electron chi connectivity index (χ1n) is 20.5. The minimum Gasteiger partial charge on any atom is -0.449 e. The van der Waals surface area contributed by atoms with Crippen LogP contribution >= 0.6 is 0 Å². The maximum Gasteiger partial charge on any atom is 0.411 e. The molecule has 2 rings (SSSR count). The third-order valence-electron chi connectivity index (χ3n) is 9.92. The first-order valence-corrected chi connectivity index (χ1v) is 20.5. The standard InChI is InChI=1S/C41H72N2O8/c1-3-5-7-9-11-13-15-16-17-19-21-26-30-43(41(48)49-31-27-22-20-18-14-12-10-8-6-4-2)39-36(38(46)37(45)35(32-44)51-39)42-40(47)50-33-34-28-24-23-25-29-34/h23-25,28-29,35-39,44-46H,3-22,26-27,30-33H2,1-2H3,(H,42,47)/t35-,36-,37-,38-,39-/m1/s1. The van der Waals surface area contributed by atoms with Crippen LogP contribution in [0, 0.1) is 0 Å². The molecular weight excluding hydrogens is 648 g/mol. The molecular formula is C41H72N2O8. The number of alkyl carbamates (subject to hydrolysis) is 1. The van der Waals surface area contributed by atoms with Crippen molar-refractivity contribution < 1.29 is 39.1 Å². The van der Waals surface area contributed by atoms with Gasteiger partial charge in [-0.05, 0) is 18.4 Å². The molecule has 1 aliphatic heterocycles. The maximum absolute atomic E-state index is 13.6. The number of nitrogens with zero attached hydrogens (tertiary/aromatic N) is 1. The molecule has 1 saturated heterocycles. The van der Waals surface area contributed by atoms with Crippen LogP contribution in [0.4, 0.5) is 9.59 Å². The van der Waals surface area contributed by atoms with Crippen molar-refractivity contribution in [2.75, 3.05) is 19.8 Å². The molecule has 10 heteroatoms. The lowest BCUT2D eigenvalue weighted by Gasteiger charge is -2.46. The predicted octanol–water partition coefficient (Wildman–Crippen LogP) is 8.78. The van der Waals surface area contributed by atoms with Gasteiger partial charge in [0.1, 0.15) is 31.0 Å². The fraction of sp³-hybridized carbons (Fsp3) is 0.805. The zero-order chi connectivity index (χ0) is 36.9. The molecule has 0 aliphatic carbocycles. The first-order chi connectivity index (χ1) is 24.9. The molecule has 51 heavy (non-hydrogen) atoms. The second-order valence-electron chi connectivity index (χ2n) is 14.3. The fourth-order valence-electron chi connectivity index (χ4n) is 6.70. The number of amides is 2. The molecule has 1 aromatic rings. The third kappa shape index (κ3) is 19.3. The average Bonchev–Trinajstić information content (AvgIpc) is 3.14. The number of carbonyl (C=O) groups is 2. The van der Waals surface area contributed by atoms with Crippen LogP contribution in [0.3, 0.4) is 0 Å². The smallest absolute Gasteiger partial charge is 0.411 e. The van der Waals surface area contributed by atoms with Gasteiger partial charge in [-0.15, -0.1) is 0 Å². The number of carbonyl (C=O) groups excluding carboxylic acids is 2. The number of benzene rings is 1. The number of hydrogen-bond acceptors (Lipinski definition) is 8. The Balaban J connectivity index is 1.96. The summed E-state index contributed by atoms with van der Waals surface area (Å²) in [4.78, 5) is 27.9. The van der Waals surface area contributed by atoms with Gasteiger partial charge in [0.2, 0.25) is 0 Å². The van der Waals surface area contributed by atoms with Crippen molar-refractivity contribution in [2.24, 2.45) is 0 Å². The third-order valence-corrected chi connectivity index (χ3v) is 9.92. The Kier molecular flexibility index (Phi) is 25.5. The van der Waals surface area contributed by atoms with Crippen LogP contribution < -0.4 is 5.32 Å². The number of aliphatic hydroxyl groups excluding tert-OH is 3. The van der Waals surface area contributed by atoms with E-state index in [0.29, 0.717) is 6.42 Å². The van der Waals surface area contributed by atoms with Gasteiger partial charge in [-0.2, -0.15) is 0 Å². The topological polar surface area (TPSA) is 138 Å². The van der Waals surface area contributed by atoms with Crippen molar-refractivity contribution in [3.8, 4) is 0 Å². The Morgan fingerprint density at radius 3 is 1.69 bits per heavy atom. The van der Waals surface area contributed by atoms with Crippen molar-refractivity contribution in [1.82, 2.24) is 10.2 Å². The summed E-state index contributed by atoms with van der Waals surface area (Å²) in [7, 11) is 0. The number of hydrogen-bond donors (Lipinski definition) is 4.